The molecule has 1 aliphatic heterocycles. The Bertz CT molecular complexity index is 740. The first-order valence-electron chi connectivity index (χ1n) is 7.68. The zero-order chi connectivity index (χ0) is 14.9. The summed E-state index contributed by atoms with van der Waals surface area (Å²) in [5.41, 5.74) is 2.04. The first kappa shape index (κ1) is 13.6. The van der Waals surface area contributed by atoms with Crippen LogP contribution in [0.5, 0.6) is 5.75 Å². The van der Waals surface area contributed by atoms with E-state index in [0.717, 1.165) is 40.2 Å². The van der Waals surface area contributed by atoms with Crippen LogP contribution in [-0.4, -0.2) is 34.3 Å². The van der Waals surface area contributed by atoms with Crippen LogP contribution in [0.2, 0.25) is 0 Å². The fourth-order valence-electron chi connectivity index (χ4n) is 2.75. The number of ether oxygens (including phenoxy) is 1. The number of benzene rings is 1. The second-order valence-electron chi connectivity index (χ2n) is 5.39. The fraction of sp³-hybridized carbons (Fsp3) is 0.375. The van der Waals surface area contributed by atoms with Gasteiger partial charge in [-0.05, 0) is 44.0 Å². The maximum absolute atomic E-state index is 5.47. The number of hydrogen-bond donors (Lipinski definition) is 0. The molecule has 2 aromatic heterocycles. The van der Waals surface area contributed by atoms with Crippen molar-refractivity contribution in [3.8, 4) is 17.0 Å². The summed E-state index contributed by atoms with van der Waals surface area (Å²) in [5, 5.41) is 5.74. The summed E-state index contributed by atoms with van der Waals surface area (Å²) in [6.07, 6.45) is 4.53. The molecule has 0 amide bonds. The van der Waals surface area contributed by atoms with Crippen LogP contribution in [0.3, 0.4) is 0 Å². The van der Waals surface area contributed by atoms with Gasteiger partial charge in [-0.3, -0.25) is 0 Å². The molecular formula is C16H18N4OS. The van der Waals surface area contributed by atoms with Gasteiger partial charge in [0.05, 0.1) is 18.5 Å². The van der Waals surface area contributed by atoms with Crippen molar-refractivity contribution in [1.82, 2.24) is 14.6 Å². The average Bonchev–Trinajstić information content (AvgIpc) is 3.23. The van der Waals surface area contributed by atoms with E-state index >= 15 is 0 Å². The molecule has 0 radical (unpaired) electrons. The van der Waals surface area contributed by atoms with Crippen LogP contribution in [0.25, 0.3) is 16.2 Å². The van der Waals surface area contributed by atoms with E-state index in [2.05, 4.69) is 10.00 Å². The SMILES string of the molecule is CCOc1ccc(-c2cn3nc(N4CCCC4)sc3n2)cc1. The molecular weight excluding hydrogens is 296 g/mol. The monoisotopic (exact) mass is 314 g/mol. The zero-order valence-electron chi connectivity index (χ0n) is 12.5. The molecule has 3 heterocycles. The lowest BCUT2D eigenvalue weighted by Crippen LogP contribution is -2.17. The minimum Gasteiger partial charge on any atom is -0.494 e. The maximum Gasteiger partial charge on any atom is 0.214 e. The van der Waals surface area contributed by atoms with Crippen molar-refractivity contribution in [3.63, 3.8) is 0 Å². The standard InChI is InChI=1S/C16H18N4OS/c1-2-21-13-7-5-12(6-8-13)14-11-20-15(17-14)22-16(18-20)19-9-3-4-10-19/h5-8,11H,2-4,9-10H2,1H3. The van der Waals surface area contributed by atoms with E-state index in [9.17, 15) is 0 Å². The highest BCUT2D eigenvalue weighted by Gasteiger charge is 2.18. The van der Waals surface area contributed by atoms with Crippen LogP contribution >= 0.6 is 11.3 Å². The highest BCUT2D eigenvalue weighted by Crippen LogP contribution is 2.29. The smallest absolute Gasteiger partial charge is 0.214 e. The number of rotatable bonds is 4. The first-order valence-corrected chi connectivity index (χ1v) is 8.49. The molecule has 6 heteroatoms. The van der Waals surface area contributed by atoms with E-state index in [4.69, 9.17) is 9.72 Å². The highest BCUT2D eigenvalue weighted by atomic mass is 32.1. The lowest BCUT2D eigenvalue weighted by atomic mass is 10.2. The lowest BCUT2D eigenvalue weighted by Gasteiger charge is -2.11. The molecule has 1 aromatic carbocycles. The van der Waals surface area contributed by atoms with Gasteiger partial charge in [0, 0.05) is 18.7 Å². The summed E-state index contributed by atoms with van der Waals surface area (Å²) in [7, 11) is 0. The second-order valence-corrected chi connectivity index (χ2v) is 6.32. The maximum atomic E-state index is 5.47. The van der Waals surface area contributed by atoms with Gasteiger partial charge < -0.3 is 9.64 Å². The van der Waals surface area contributed by atoms with Crippen LogP contribution in [0, 0.1) is 0 Å². The van der Waals surface area contributed by atoms with Gasteiger partial charge in [-0.15, -0.1) is 5.10 Å². The molecule has 0 N–H and O–H groups in total. The predicted octanol–water partition coefficient (Wildman–Crippen LogP) is 3.46. The Morgan fingerprint density at radius 1 is 1.18 bits per heavy atom. The van der Waals surface area contributed by atoms with Crippen LogP contribution in [-0.2, 0) is 0 Å². The van der Waals surface area contributed by atoms with Gasteiger partial charge in [0.1, 0.15) is 5.75 Å². The molecule has 0 atom stereocenters. The summed E-state index contributed by atoms with van der Waals surface area (Å²) in [5.74, 6) is 0.890. The molecule has 0 aliphatic carbocycles. The fourth-order valence-corrected chi connectivity index (χ4v) is 3.69. The van der Waals surface area contributed by atoms with E-state index in [1.807, 2.05) is 41.9 Å². The molecule has 3 aromatic rings. The van der Waals surface area contributed by atoms with Crippen LogP contribution in [0.4, 0.5) is 5.13 Å². The van der Waals surface area contributed by atoms with Crippen LogP contribution in [0.15, 0.2) is 30.5 Å². The van der Waals surface area contributed by atoms with E-state index in [1.165, 1.54) is 12.8 Å². The van der Waals surface area contributed by atoms with Gasteiger partial charge in [0.25, 0.3) is 0 Å². The summed E-state index contributed by atoms with van der Waals surface area (Å²) in [4.78, 5) is 8.00. The Kier molecular flexibility index (Phi) is 3.46. The summed E-state index contributed by atoms with van der Waals surface area (Å²) < 4.78 is 7.36. The summed E-state index contributed by atoms with van der Waals surface area (Å²) in [6.45, 7) is 4.90. The number of aromatic nitrogens is 3. The number of hydrogen-bond acceptors (Lipinski definition) is 5. The molecule has 4 rings (SSSR count). The van der Waals surface area contributed by atoms with E-state index in [0.29, 0.717) is 6.61 Å². The van der Waals surface area contributed by atoms with Gasteiger partial charge in [0.2, 0.25) is 10.1 Å². The third-order valence-electron chi connectivity index (χ3n) is 3.87. The highest BCUT2D eigenvalue weighted by molar-refractivity contribution is 7.20. The molecule has 0 unspecified atom stereocenters. The summed E-state index contributed by atoms with van der Waals surface area (Å²) >= 11 is 1.66. The predicted molar refractivity (Wildman–Crippen MR) is 88.9 cm³/mol. The largest absolute Gasteiger partial charge is 0.494 e. The van der Waals surface area contributed by atoms with Crippen molar-refractivity contribution >= 4 is 21.4 Å². The normalized spacial score (nSPS) is 14.9. The number of nitrogens with zero attached hydrogens (tertiary/aromatic N) is 4. The van der Waals surface area contributed by atoms with Crippen molar-refractivity contribution in [2.24, 2.45) is 0 Å². The zero-order valence-corrected chi connectivity index (χ0v) is 13.3. The molecule has 114 valence electrons. The van der Waals surface area contributed by atoms with Crippen LogP contribution in [0.1, 0.15) is 19.8 Å². The molecule has 0 bridgehead atoms. The number of anilines is 1. The Labute approximate surface area is 133 Å². The number of fused-ring (bicyclic) bond motifs is 1. The van der Waals surface area contributed by atoms with Crippen molar-refractivity contribution in [3.05, 3.63) is 30.5 Å². The van der Waals surface area contributed by atoms with Crippen molar-refractivity contribution in [1.29, 1.82) is 0 Å². The van der Waals surface area contributed by atoms with Gasteiger partial charge in [-0.2, -0.15) is 0 Å². The van der Waals surface area contributed by atoms with E-state index < -0.39 is 0 Å². The molecule has 1 saturated heterocycles. The van der Waals surface area contributed by atoms with Crippen molar-refractivity contribution in [2.75, 3.05) is 24.6 Å². The van der Waals surface area contributed by atoms with E-state index in [1.54, 1.807) is 11.3 Å². The molecule has 0 saturated carbocycles. The van der Waals surface area contributed by atoms with Crippen molar-refractivity contribution < 1.29 is 4.74 Å². The molecule has 0 spiro atoms. The topological polar surface area (TPSA) is 42.7 Å². The third kappa shape index (κ3) is 2.43. The van der Waals surface area contributed by atoms with Crippen molar-refractivity contribution in [2.45, 2.75) is 19.8 Å². The van der Waals surface area contributed by atoms with Gasteiger partial charge in [0.15, 0.2) is 0 Å². The quantitative estimate of drug-likeness (QED) is 0.739. The second kappa shape index (κ2) is 5.61. The van der Waals surface area contributed by atoms with Gasteiger partial charge in [-0.1, -0.05) is 11.3 Å². The van der Waals surface area contributed by atoms with E-state index in [-0.39, 0.29) is 0 Å². The Morgan fingerprint density at radius 3 is 2.64 bits per heavy atom. The van der Waals surface area contributed by atoms with Gasteiger partial charge >= 0.3 is 0 Å². The lowest BCUT2D eigenvalue weighted by molar-refractivity contribution is 0.340. The first-order chi connectivity index (χ1) is 10.8. The molecule has 1 fully saturated rings. The Hall–Kier alpha value is -2.08. The molecule has 22 heavy (non-hydrogen) atoms. The number of imidazole rings is 1. The minimum absolute atomic E-state index is 0.683. The average molecular weight is 314 g/mol. The Morgan fingerprint density at radius 2 is 1.95 bits per heavy atom. The molecule has 5 nitrogen and oxygen atoms in total. The van der Waals surface area contributed by atoms with Gasteiger partial charge in [-0.25, -0.2) is 9.50 Å². The van der Waals surface area contributed by atoms with Crippen LogP contribution < -0.4 is 9.64 Å². The third-order valence-corrected chi connectivity index (χ3v) is 4.85. The molecule has 1 aliphatic rings. The minimum atomic E-state index is 0.683. The summed E-state index contributed by atoms with van der Waals surface area (Å²) in [6, 6.07) is 8.04. The Balaban J connectivity index is 1.60.